The number of aliphatic carboxylic acids is 1. The lowest BCUT2D eigenvalue weighted by molar-refractivity contribution is -0.137. The molecule has 0 radical (unpaired) electrons. The lowest BCUT2D eigenvalue weighted by Gasteiger charge is -2.26. The molecule has 1 fully saturated rings. The predicted octanol–water partition coefficient (Wildman–Crippen LogP) is 2.03. The Balaban J connectivity index is 1.98. The summed E-state index contributed by atoms with van der Waals surface area (Å²) in [5, 5.41) is 8.46. The highest BCUT2D eigenvalue weighted by Crippen LogP contribution is 2.12. The van der Waals surface area contributed by atoms with E-state index in [-0.39, 0.29) is 12.3 Å². The third-order valence-electron chi connectivity index (χ3n) is 2.99. The zero-order valence-corrected chi connectivity index (χ0v) is 9.78. The van der Waals surface area contributed by atoms with Crippen LogP contribution in [-0.4, -0.2) is 35.0 Å². The summed E-state index contributed by atoms with van der Waals surface area (Å²) in [7, 11) is 0. The molecular weight excluding hydrogens is 206 g/mol. The number of piperidine rings is 1. The van der Waals surface area contributed by atoms with Crippen LogP contribution in [0.15, 0.2) is 0 Å². The lowest BCUT2D eigenvalue weighted by Crippen LogP contribution is -2.35. The minimum atomic E-state index is -0.716. The fourth-order valence-electron chi connectivity index (χ4n) is 2.03. The van der Waals surface area contributed by atoms with E-state index in [1.54, 1.807) is 0 Å². The number of rotatable bonds is 7. The first-order valence-electron chi connectivity index (χ1n) is 6.20. The van der Waals surface area contributed by atoms with E-state index in [1.807, 2.05) is 4.90 Å². The van der Waals surface area contributed by atoms with E-state index >= 15 is 0 Å². The normalized spacial score (nSPS) is 16.5. The molecule has 92 valence electrons. The van der Waals surface area contributed by atoms with Gasteiger partial charge in [-0.05, 0) is 25.7 Å². The fourth-order valence-corrected chi connectivity index (χ4v) is 2.03. The Morgan fingerprint density at radius 3 is 2.62 bits per heavy atom. The molecule has 0 spiro atoms. The van der Waals surface area contributed by atoms with Crippen molar-refractivity contribution >= 4 is 11.9 Å². The first-order valence-corrected chi connectivity index (χ1v) is 6.20. The molecular formula is C12H21NO3. The maximum Gasteiger partial charge on any atom is 0.303 e. The Hall–Kier alpha value is -1.06. The van der Waals surface area contributed by atoms with Crippen LogP contribution in [-0.2, 0) is 9.59 Å². The molecule has 1 N–H and O–H groups in total. The van der Waals surface area contributed by atoms with Crippen molar-refractivity contribution in [1.29, 1.82) is 0 Å². The lowest BCUT2D eigenvalue weighted by atomic mass is 10.1. The van der Waals surface area contributed by atoms with Crippen molar-refractivity contribution in [3.63, 3.8) is 0 Å². The van der Waals surface area contributed by atoms with Gasteiger partial charge >= 0.3 is 5.97 Å². The van der Waals surface area contributed by atoms with Crippen LogP contribution in [0.3, 0.4) is 0 Å². The molecule has 0 aromatic heterocycles. The molecule has 0 aliphatic carbocycles. The Morgan fingerprint density at radius 1 is 1.19 bits per heavy atom. The smallest absolute Gasteiger partial charge is 0.303 e. The first kappa shape index (κ1) is 13.0. The Labute approximate surface area is 96.6 Å². The van der Waals surface area contributed by atoms with Crippen molar-refractivity contribution in [1.82, 2.24) is 4.90 Å². The second kappa shape index (κ2) is 7.25. The molecule has 1 amide bonds. The highest BCUT2D eigenvalue weighted by molar-refractivity contribution is 5.76. The summed E-state index contributed by atoms with van der Waals surface area (Å²) in [5.74, 6) is -0.428. The topological polar surface area (TPSA) is 57.6 Å². The zero-order chi connectivity index (χ0) is 11.8. The van der Waals surface area contributed by atoms with Crippen molar-refractivity contribution in [3.8, 4) is 0 Å². The minimum absolute atomic E-state index is 0.267. The van der Waals surface area contributed by atoms with Gasteiger partial charge in [-0.3, -0.25) is 9.59 Å². The van der Waals surface area contributed by atoms with Crippen LogP contribution in [0.25, 0.3) is 0 Å². The van der Waals surface area contributed by atoms with Gasteiger partial charge in [0.05, 0.1) is 0 Å². The third kappa shape index (κ3) is 5.14. The first-order chi connectivity index (χ1) is 7.70. The van der Waals surface area contributed by atoms with E-state index in [0.29, 0.717) is 6.42 Å². The molecule has 0 aromatic carbocycles. The summed E-state index contributed by atoms with van der Waals surface area (Å²) in [6.07, 6.45) is 6.88. The molecule has 0 aromatic rings. The van der Waals surface area contributed by atoms with Gasteiger partial charge < -0.3 is 10.0 Å². The molecule has 0 unspecified atom stereocenters. The number of carboxylic acid groups (broad SMARTS) is 1. The van der Waals surface area contributed by atoms with Crippen molar-refractivity contribution in [2.24, 2.45) is 0 Å². The summed E-state index contributed by atoms with van der Waals surface area (Å²) in [4.78, 5) is 23.7. The average molecular weight is 227 g/mol. The average Bonchev–Trinajstić information content (AvgIpc) is 2.25. The van der Waals surface area contributed by atoms with Crippen LogP contribution in [0.5, 0.6) is 0 Å². The molecule has 0 atom stereocenters. The molecule has 16 heavy (non-hydrogen) atoms. The van der Waals surface area contributed by atoms with E-state index in [2.05, 4.69) is 0 Å². The molecule has 0 saturated carbocycles. The Morgan fingerprint density at radius 2 is 1.94 bits per heavy atom. The highest BCUT2D eigenvalue weighted by atomic mass is 16.4. The van der Waals surface area contributed by atoms with Crippen LogP contribution in [0, 0.1) is 0 Å². The van der Waals surface area contributed by atoms with Gasteiger partial charge in [-0.1, -0.05) is 12.8 Å². The summed E-state index contributed by atoms with van der Waals surface area (Å²) >= 11 is 0. The number of hydrogen-bond donors (Lipinski definition) is 1. The van der Waals surface area contributed by atoms with Gasteiger partial charge in [0.2, 0.25) is 5.91 Å². The van der Waals surface area contributed by atoms with Gasteiger partial charge in [0.25, 0.3) is 0 Å². The Kier molecular flexibility index (Phi) is 5.90. The van der Waals surface area contributed by atoms with Crippen LogP contribution < -0.4 is 0 Å². The number of hydrogen-bond acceptors (Lipinski definition) is 2. The van der Waals surface area contributed by atoms with Crippen LogP contribution in [0.4, 0.5) is 0 Å². The molecule has 1 saturated heterocycles. The number of carbonyl (C=O) groups is 2. The van der Waals surface area contributed by atoms with Crippen LogP contribution in [0.1, 0.15) is 51.4 Å². The van der Waals surface area contributed by atoms with Gasteiger partial charge in [-0.2, -0.15) is 0 Å². The number of carbonyl (C=O) groups excluding carboxylic acids is 1. The van der Waals surface area contributed by atoms with Crippen LogP contribution >= 0.6 is 0 Å². The number of carboxylic acids is 1. The number of likely N-dealkylation sites (tertiary alicyclic amines) is 1. The number of amides is 1. The minimum Gasteiger partial charge on any atom is -0.481 e. The van der Waals surface area contributed by atoms with E-state index in [4.69, 9.17) is 5.11 Å². The number of unbranched alkanes of at least 4 members (excludes halogenated alkanes) is 3. The quantitative estimate of drug-likeness (QED) is 0.677. The molecule has 4 nitrogen and oxygen atoms in total. The van der Waals surface area contributed by atoms with E-state index in [1.165, 1.54) is 0 Å². The second-order valence-electron chi connectivity index (χ2n) is 4.40. The van der Waals surface area contributed by atoms with Crippen LogP contribution in [0.2, 0.25) is 0 Å². The summed E-state index contributed by atoms with van der Waals surface area (Å²) in [5.41, 5.74) is 0. The molecule has 1 rings (SSSR count). The third-order valence-corrected chi connectivity index (χ3v) is 2.99. The standard InChI is InChI=1S/C12H21NO3/c14-11-7-4-6-10-13(11)9-5-2-1-3-8-12(15)16/h1-10H2,(H,15,16). The van der Waals surface area contributed by atoms with Crippen molar-refractivity contribution in [3.05, 3.63) is 0 Å². The fraction of sp³-hybridized carbons (Fsp3) is 0.833. The van der Waals surface area contributed by atoms with E-state index in [0.717, 1.165) is 51.6 Å². The molecule has 0 bridgehead atoms. The molecule has 1 heterocycles. The SMILES string of the molecule is O=C(O)CCCCCCN1CCCCC1=O. The molecule has 1 aliphatic heterocycles. The van der Waals surface area contributed by atoms with Gasteiger partial charge in [-0.25, -0.2) is 0 Å². The van der Waals surface area contributed by atoms with Gasteiger partial charge in [0, 0.05) is 25.9 Å². The monoisotopic (exact) mass is 227 g/mol. The van der Waals surface area contributed by atoms with Gasteiger partial charge in [-0.15, -0.1) is 0 Å². The Bertz CT molecular complexity index is 240. The zero-order valence-electron chi connectivity index (χ0n) is 9.78. The van der Waals surface area contributed by atoms with Crippen molar-refractivity contribution in [2.45, 2.75) is 51.4 Å². The van der Waals surface area contributed by atoms with E-state index in [9.17, 15) is 9.59 Å². The number of nitrogens with zero attached hydrogens (tertiary/aromatic N) is 1. The molecule has 4 heteroatoms. The molecule has 1 aliphatic rings. The highest BCUT2D eigenvalue weighted by Gasteiger charge is 2.16. The maximum absolute atomic E-state index is 11.5. The van der Waals surface area contributed by atoms with Gasteiger partial charge in [0.15, 0.2) is 0 Å². The maximum atomic E-state index is 11.5. The van der Waals surface area contributed by atoms with Crippen molar-refractivity contribution < 1.29 is 14.7 Å². The van der Waals surface area contributed by atoms with E-state index < -0.39 is 5.97 Å². The summed E-state index contributed by atoms with van der Waals surface area (Å²) in [6, 6.07) is 0. The predicted molar refractivity (Wildman–Crippen MR) is 61.2 cm³/mol. The summed E-state index contributed by atoms with van der Waals surface area (Å²) in [6.45, 7) is 1.76. The largest absolute Gasteiger partial charge is 0.481 e. The summed E-state index contributed by atoms with van der Waals surface area (Å²) < 4.78 is 0. The second-order valence-corrected chi connectivity index (χ2v) is 4.40. The van der Waals surface area contributed by atoms with Gasteiger partial charge in [0.1, 0.15) is 0 Å². The van der Waals surface area contributed by atoms with Crippen molar-refractivity contribution in [2.75, 3.05) is 13.1 Å².